The zero-order valence-corrected chi connectivity index (χ0v) is 15.6. The van der Waals surface area contributed by atoms with Crippen molar-refractivity contribution in [2.24, 2.45) is 0 Å². The maximum absolute atomic E-state index is 13.1. The smallest absolute Gasteiger partial charge is 0.261 e. The molecule has 1 aromatic heterocycles. The van der Waals surface area contributed by atoms with Crippen LogP contribution < -0.4 is 4.74 Å². The summed E-state index contributed by atoms with van der Waals surface area (Å²) in [5, 5.41) is 0.597. The Kier molecular flexibility index (Phi) is 6.14. The van der Waals surface area contributed by atoms with Crippen LogP contribution in [0.3, 0.4) is 0 Å². The molecule has 3 rings (SSSR count). The summed E-state index contributed by atoms with van der Waals surface area (Å²) in [6.45, 7) is 2.35. The lowest BCUT2D eigenvalue weighted by molar-refractivity contribution is -0.134. The number of carbonyl (C=O) groups excluding carboxylic acids is 1. The van der Waals surface area contributed by atoms with Gasteiger partial charge in [0.2, 0.25) is 0 Å². The molecule has 4 nitrogen and oxygen atoms in total. The van der Waals surface area contributed by atoms with Crippen LogP contribution in [0.15, 0.2) is 65.1 Å². The van der Waals surface area contributed by atoms with Crippen LogP contribution in [0.5, 0.6) is 5.75 Å². The van der Waals surface area contributed by atoms with Crippen LogP contribution >= 0.6 is 11.6 Å². The molecule has 0 unspecified atom stereocenters. The largest absolute Gasteiger partial charge is 0.484 e. The number of carbonyl (C=O) groups is 1. The summed E-state index contributed by atoms with van der Waals surface area (Å²) >= 11 is 5.85. The third-order valence-corrected chi connectivity index (χ3v) is 4.21. The molecule has 27 heavy (non-hydrogen) atoms. The highest BCUT2D eigenvalue weighted by Gasteiger charge is 2.17. The Morgan fingerprint density at radius 3 is 2.37 bits per heavy atom. The van der Waals surface area contributed by atoms with Crippen LogP contribution in [0.4, 0.5) is 4.39 Å². The van der Waals surface area contributed by atoms with Gasteiger partial charge in [-0.3, -0.25) is 4.79 Å². The minimum Gasteiger partial charge on any atom is -0.484 e. The number of amides is 1. The van der Waals surface area contributed by atoms with E-state index >= 15 is 0 Å². The Hall–Kier alpha value is -2.79. The molecule has 0 bridgehead atoms. The Balaban J connectivity index is 1.69. The van der Waals surface area contributed by atoms with Crippen molar-refractivity contribution >= 4 is 17.5 Å². The van der Waals surface area contributed by atoms with Gasteiger partial charge in [0.1, 0.15) is 23.1 Å². The van der Waals surface area contributed by atoms with E-state index in [2.05, 4.69) is 0 Å². The second kappa shape index (κ2) is 8.73. The van der Waals surface area contributed by atoms with Gasteiger partial charge in [0, 0.05) is 11.6 Å². The minimum absolute atomic E-state index is 0.123. The van der Waals surface area contributed by atoms with Crippen LogP contribution in [0.2, 0.25) is 5.02 Å². The highest BCUT2D eigenvalue weighted by atomic mass is 35.5. The average Bonchev–Trinajstić information content (AvgIpc) is 3.07. The van der Waals surface area contributed by atoms with E-state index in [1.54, 1.807) is 41.3 Å². The molecular weight excluding hydrogens is 369 g/mol. The summed E-state index contributed by atoms with van der Waals surface area (Å²) in [6.07, 6.45) is 0. The highest BCUT2D eigenvalue weighted by Crippen LogP contribution is 2.17. The van der Waals surface area contributed by atoms with Gasteiger partial charge in [0.15, 0.2) is 6.61 Å². The summed E-state index contributed by atoms with van der Waals surface area (Å²) < 4.78 is 24.3. The molecule has 1 heterocycles. The number of ether oxygens (including phenoxy) is 1. The predicted octanol–water partition coefficient (Wildman–Crippen LogP) is 4.99. The van der Waals surface area contributed by atoms with Crippen molar-refractivity contribution in [2.45, 2.75) is 20.0 Å². The number of hydrogen-bond acceptors (Lipinski definition) is 3. The van der Waals surface area contributed by atoms with Gasteiger partial charge in [-0.2, -0.15) is 0 Å². The van der Waals surface area contributed by atoms with Crippen LogP contribution in [-0.2, 0) is 17.9 Å². The van der Waals surface area contributed by atoms with E-state index in [0.29, 0.717) is 29.6 Å². The molecule has 3 aromatic rings. The van der Waals surface area contributed by atoms with Gasteiger partial charge in [-0.1, -0.05) is 23.7 Å². The summed E-state index contributed by atoms with van der Waals surface area (Å²) in [5.41, 5.74) is 0.819. The van der Waals surface area contributed by atoms with Crippen molar-refractivity contribution < 1.29 is 18.3 Å². The fourth-order valence-corrected chi connectivity index (χ4v) is 2.69. The molecule has 0 N–H and O–H groups in total. The van der Waals surface area contributed by atoms with Crippen LogP contribution in [0.25, 0.3) is 0 Å². The van der Waals surface area contributed by atoms with E-state index in [-0.39, 0.29) is 18.3 Å². The lowest BCUT2D eigenvalue weighted by Gasteiger charge is -2.22. The molecule has 0 aliphatic carbocycles. The molecule has 1 amide bonds. The molecular formula is C21H19ClFNO3. The fourth-order valence-electron chi connectivity index (χ4n) is 2.57. The molecule has 2 aromatic carbocycles. The molecule has 0 aliphatic rings. The van der Waals surface area contributed by atoms with Gasteiger partial charge < -0.3 is 14.1 Å². The topological polar surface area (TPSA) is 42.7 Å². The number of furan rings is 1. The van der Waals surface area contributed by atoms with Gasteiger partial charge >= 0.3 is 0 Å². The number of nitrogens with zero attached hydrogens (tertiary/aromatic N) is 1. The van der Waals surface area contributed by atoms with Crippen molar-refractivity contribution in [1.29, 1.82) is 0 Å². The number of halogens is 2. The average molecular weight is 388 g/mol. The normalized spacial score (nSPS) is 10.6. The maximum Gasteiger partial charge on any atom is 0.261 e. The molecule has 0 saturated carbocycles. The van der Waals surface area contributed by atoms with Crippen molar-refractivity contribution in [3.05, 3.63) is 88.6 Å². The lowest BCUT2D eigenvalue weighted by Crippen LogP contribution is -2.34. The summed E-state index contributed by atoms with van der Waals surface area (Å²) in [6, 6.07) is 16.5. The first-order chi connectivity index (χ1) is 13.0. The molecule has 0 radical (unpaired) electrons. The van der Waals surface area contributed by atoms with Gasteiger partial charge in [0.05, 0.1) is 6.54 Å². The molecule has 0 fully saturated rings. The van der Waals surface area contributed by atoms with Crippen molar-refractivity contribution in [3.63, 3.8) is 0 Å². The zero-order valence-electron chi connectivity index (χ0n) is 14.8. The highest BCUT2D eigenvalue weighted by molar-refractivity contribution is 6.30. The Morgan fingerprint density at radius 1 is 1.04 bits per heavy atom. The van der Waals surface area contributed by atoms with Gasteiger partial charge in [-0.05, 0) is 61.0 Å². The lowest BCUT2D eigenvalue weighted by atomic mass is 10.2. The third-order valence-electron chi connectivity index (χ3n) is 3.96. The molecule has 0 atom stereocenters. The SMILES string of the molecule is Cc1ccc(CN(Cc2ccc(F)cc2)C(=O)COc2ccc(Cl)cc2)o1. The molecule has 140 valence electrons. The first kappa shape index (κ1) is 19.0. The van der Waals surface area contributed by atoms with Crippen molar-refractivity contribution in [1.82, 2.24) is 4.90 Å². The second-order valence-corrected chi connectivity index (χ2v) is 6.57. The Morgan fingerprint density at radius 2 is 1.74 bits per heavy atom. The predicted molar refractivity (Wildman–Crippen MR) is 101 cm³/mol. The van der Waals surface area contributed by atoms with Gasteiger partial charge in [0.25, 0.3) is 5.91 Å². The Labute approximate surface area is 162 Å². The van der Waals surface area contributed by atoms with E-state index in [1.165, 1.54) is 12.1 Å². The van der Waals surface area contributed by atoms with E-state index in [9.17, 15) is 9.18 Å². The van der Waals surface area contributed by atoms with Crippen molar-refractivity contribution in [2.75, 3.05) is 6.61 Å². The maximum atomic E-state index is 13.1. The standard InChI is InChI=1S/C21H19ClFNO3/c1-15-2-9-20(27-15)13-24(12-16-3-7-18(23)8-4-16)21(25)14-26-19-10-5-17(22)6-11-19/h2-11H,12-14H2,1H3. The van der Waals surface area contributed by atoms with Crippen LogP contribution in [0.1, 0.15) is 17.1 Å². The van der Waals surface area contributed by atoms with E-state index in [1.807, 2.05) is 19.1 Å². The van der Waals surface area contributed by atoms with Crippen LogP contribution in [-0.4, -0.2) is 17.4 Å². The van der Waals surface area contributed by atoms with Gasteiger partial charge in [-0.25, -0.2) is 4.39 Å². The quantitative estimate of drug-likeness (QED) is 0.573. The van der Waals surface area contributed by atoms with Crippen LogP contribution in [0, 0.1) is 12.7 Å². The van der Waals surface area contributed by atoms with Gasteiger partial charge in [-0.15, -0.1) is 0 Å². The molecule has 0 spiro atoms. The second-order valence-electron chi connectivity index (χ2n) is 6.13. The first-order valence-corrected chi connectivity index (χ1v) is 8.83. The molecule has 6 heteroatoms. The summed E-state index contributed by atoms with van der Waals surface area (Å²) in [5.74, 6) is 1.49. The Bertz CT molecular complexity index is 891. The van der Waals surface area contributed by atoms with E-state index in [0.717, 1.165) is 11.3 Å². The van der Waals surface area contributed by atoms with Crippen molar-refractivity contribution in [3.8, 4) is 5.75 Å². The number of rotatable bonds is 7. The van der Waals surface area contributed by atoms with E-state index in [4.69, 9.17) is 20.8 Å². The summed E-state index contributed by atoms with van der Waals surface area (Å²) in [7, 11) is 0. The number of aryl methyl sites for hydroxylation is 1. The first-order valence-electron chi connectivity index (χ1n) is 8.45. The summed E-state index contributed by atoms with van der Waals surface area (Å²) in [4.78, 5) is 14.3. The molecule has 0 saturated heterocycles. The minimum atomic E-state index is -0.315. The molecule has 0 aliphatic heterocycles. The number of hydrogen-bond donors (Lipinski definition) is 0. The number of benzene rings is 2. The monoisotopic (exact) mass is 387 g/mol. The zero-order chi connectivity index (χ0) is 19.2. The fraction of sp³-hybridized carbons (Fsp3) is 0.190. The van der Waals surface area contributed by atoms with E-state index < -0.39 is 0 Å². The third kappa shape index (κ3) is 5.59.